The van der Waals surface area contributed by atoms with E-state index in [0.29, 0.717) is 0 Å². The SMILES string of the molecule is CCCCCCNS(=O)C1(C)CCCCC1. The highest BCUT2D eigenvalue weighted by Crippen LogP contribution is 2.32. The lowest BCUT2D eigenvalue weighted by Gasteiger charge is -2.32. The minimum Gasteiger partial charge on any atom is -0.242 e. The zero-order chi connectivity index (χ0) is 11.9. The van der Waals surface area contributed by atoms with Crippen LogP contribution in [0.3, 0.4) is 0 Å². The molecule has 1 atom stereocenters. The molecule has 1 saturated carbocycles. The topological polar surface area (TPSA) is 29.1 Å². The molecule has 1 N–H and O–H groups in total. The number of hydrogen-bond donors (Lipinski definition) is 1. The number of nitrogens with one attached hydrogen (secondary N) is 1. The highest BCUT2D eigenvalue weighted by Gasteiger charge is 2.32. The Balaban J connectivity index is 2.18. The van der Waals surface area contributed by atoms with Crippen molar-refractivity contribution in [2.75, 3.05) is 6.54 Å². The van der Waals surface area contributed by atoms with Crippen LogP contribution in [-0.2, 0) is 11.0 Å². The lowest BCUT2D eigenvalue weighted by atomic mass is 9.90. The second kappa shape index (κ2) is 7.44. The van der Waals surface area contributed by atoms with Crippen molar-refractivity contribution in [1.29, 1.82) is 0 Å². The van der Waals surface area contributed by atoms with E-state index in [1.807, 2.05) is 0 Å². The Morgan fingerprint density at radius 2 is 1.81 bits per heavy atom. The van der Waals surface area contributed by atoms with Gasteiger partial charge in [0.2, 0.25) is 0 Å². The van der Waals surface area contributed by atoms with E-state index in [1.165, 1.54) is 38.5 Å². The van der Waals surface area contributed by atoms with Gasteiger partial charge in [-0.3, -0.25) is 0 Å². The highest BCUT2D eigenvalue weighted by molar-refractivity contribution is 7.84. The van der Waals surface area contributed by atoms with Gasteiger partial charge in [-0.25, -0.2) is 8.93 Å². The summed E-state index contributed by atoms with van der Waals surface area (Å²) in [6.45, 7) is 5.32. The first-order valence-corrected chi connectivity index (χ1v) is 7.99. The molecule has 1 aliphatic carbocycles. The van der Waals surface area contributed by atoms with Crippen LogP contribution in [0.2, 0.25) is 0 Å². The maximum Gasteiger partial charge on any atom is 0.0975 e. The molecule has 0 aromatic rings. The van der Waals surface area contributed by atoms with E-state index >= 15 is 0 Å². The van der Waals surface area contributed by atoms with Crippen molar-refractivity contribution >= 4 is 11.0 Å². The van der Waals surface area contributed by atoms with Gasteiger partial charge in [0.1, 0.15) is 0 Å². The summed E-state index contributed by atoms with van der Waals surface area (Å²) in [6, 6.07) is 0. The largest absolute Gasteiger partial charge is 0.242 e. The molecule has 1 rings (SSSR count). The molecule has 1 unspecified atom stereocenters. The minimum atomic E-state index is -0.827. The predicted molar refractivity (Wildman–Crippen MR) is 71.8 cm³/mol. The summed E-state index contributed by atoms with van der Waals surface area (Å²) >= 11 is 0. The predicted octanol–water partition coefficient (Wildman–Crippen LogP) is 3.54. The summed E-state index contributed by atoms with van der Waals surface area (Å²) in [7, 11) is -0.827. The number of hydrogen-bond acceptors (Lipinski definition) is 1. The van der Waals surface area contributed by atoms with Crippen LogP contribution in [0.1, 0.15) is 71.6 Å². The Hall–Kier alpha value is 0.110. The van der Waals surface area contributed by atoms with Crippen LogP contribution < -0.4 is 4.72 Å². The molecule has 0 amide bonds. The van der Waals surface area contributed by atoms with Crippen LogP contribution in [0.25, 0.3) is 0 Å². The molecule has 0 radical (unpaired) electrons. The smallest absolute Gasteiger partial charge is 0.0975 e. The van der Waals surface area contributed by atoms with Gasteiger partial charge in [-0.15, -0.1) is 0 Å². The van der Waals surface area contributed by atoms with Crippen molar-refractivity contribution in [3.63, 3.8) is 0 Å². The molecule has 96 valence electrons. The summed E-state index contributed by atoms with van der Waals surface area (Å²) in [5.41, 5.74) is 0. The Bertz CT molecular complexity index is 212. The maximum absolute atomic E-state index is 12.2. The molecular weight excluding hydrogens is 218 g/mol. The van der Waals surface area contributed by atoms with Crippen molar-refractivity contribution in [3.8, 4) is 0 Å². The first-order chi connectivity index (χ1) is 7.69. The molecule has 0 bridgehead atoms. The molecule has 0 aromatic carbocycles. The normalized spacial score (nSPS) is 21.9. The molecule has 0 heterocycles. The third-order valence-corrected chi connectivity index (χ3v) is 5.39. The Kier molecular flexibility index (Phi) is 6.59. The third kappa shape index (κ3) is 4.54. The van der Waals surface area contributed by atoms with Gasteiger partial charge < -0.3 is 0 Å². The van der Waals surface area contributed by atoms with Gasteiger partial charge in [0.15, 0.2) is 0 Å². The lowest BCUT2D eigenvalue weighted by molar-refractivity contribution is 0.407. The van der Waals surface area contributed by atoms with E-state index in [2.05, 4.69) is 18.6 Å². The fourth-order valence-corrected chi connectivity index (χ4v) is 3.71. The standard InChI is InChI=1S/C13H27NOS/c1-3-4-5-9-12-14-16(15)13(2)10-7-6-8-11-13/h14H,3-12H2,1-2H3. The summed E-state index contributed by atoms with van der Waals surface area (Å²) in [6.07, 6.45) is 11.1. The molecule has 1 aliphatic rings. The van der Waals surface area contributed by atoms with E-state index in [9.17, 15) is 4.21 Å². The van der Waals surface area contributed by atoms with E-state index in [-0.39, 0.29) is 4.75 Å². The van der Waals surface area contributed by atoms with Crippen LogP contribution in [-0.4, -0.2) is 15.5 Å². The van der Waals surface area contributed by atoms with Crippen molar-refractivity contribution in [1.82, 2.24) is 4.72 Å². The highest BCUT2D eigenvalue weighted by atomic mass is 32.2. The molecule has 1 fully saturated rings. The van der Waals surface area contributed by atoms with Gasteiger partial charge >= 0.3 is 0 Å². The fourth-order valence-electron chi connectivity index (χ4n) is 2.38. The molecule has 0 aromatic heterocycles. The Labute approximate surface area is 103 Å². The maximum atomic E-state index is 12.2. The van der Waals surface area contributed by atoms with Crippen LogP contribution >= 0.6 is 0 Å². The molecule has 2 nitrogen and oxygen atoms in total. The van der Waals surface area contributed by atoms with Crippen LogP contribution in [0.15, 0.2) is 0 Å². The molecule has 0 aliphatic heterocycles. The molecular formula is C13H27NOS. The zero-order valence-electron chi connectivity index (χ0n) is 10.9. The van der Waals surface area contributed by atoms with Crippen LogP contribution in [0.4, 0.5) is 0 Å². The summed E-state index contributed by atoms with van der Waals surface area (Å²) in [4.78, 5) is 0. The first kappa shape index (κ1) is 14.2. The fraction of sp³-hybridized carbons (Fsp3) is 1.00. The molecule has 3 heteroatoms. The van der Waals surface area contributed by atoms with Gasteiger partial charge in [-0.1, -0.05) is 45.4 Å². The second-order valence-corrected chi connectivity index (χ2v) is 7.05. The molecule has 0 spiro atoms. The van der Waals surface area contributed by atoms with E-state index in [4.69, 9.17) is 0 Å². The first-order valence-electron chi connectivity index (χ1n) is 6.84. The number of rotatable bonds is 7. The molecule has 16 heavy (non-hydrogen) atoms. The minimum absolute atomic E-state index is 0.0446. The average molecular weight is 245 g/mol. The average Bonchev–Trinajstić information content (AvgIpc) is 2.29. The summed E-state index contributed by atoms with van der Waals surface area (Å²) < 4.78 is 15.4. The second-order valence-electron chi connectivity index (χ2n) is 5.23. The van der Waals surface area contributed by atoms with E-state index in [1.54, 1.807) is 0 Å². The molecule has 0 saturated heterocycles. The van der Waals surface area contributed by atoms with E-state index in [0.717, 1.165) is 25.8 Å². The summed E-state index contributed by atoms with van der Waals surface area (Å²) in [5.74, 6) is 0. The van der Waals surface area contributed by atoms with Gasteiger partial charge in [-0.2, -0.15) is 0 Å². The van der Waals surface area contributed by atoms with Crippen molar-refractivity contribution in [2.24, 2.45) is 0 Å². The van der Waals surface area contributed by atoms with Crippen molar-refractivity contribution < 1.29 is 4.21 Å². The van der Waals surface area contributed by atoms with Gasteiger partial charge in [0.05, 0.1) is 15.7 Å². The van der Waals surface area contributed by atoms with Gasteiger partial charge in [-0.05, 0) is 26.2 Å². The quantitative estimate of drug-likeness (QED) is 0.683. The lowest BCUT2D eigenvalue weighted by Crippen LogP contribution is -2.40. The van der Waals surface area contributed by atoms with E-state index < -0.39 is 11.0 Å². The Morgan fingerprint density at radius 3 is 2.44 bits per heavy atom. The third-order valence-electron chi connectivity index (χ3n) is 3.62. The summed E-state index contributed by atoms with van der Waals surface area (Å²) in [5, 5.41) is 0. The van der Waals surface area contributed by atoms with Crippen molar-refractivity contribution in [3.05, 3.63) is 0 Å². The van der Waals surface area contributed by atoms with Crippen molar-refractivity contribution in [2.45, 2.75) is 76.4 Å². The monoisotopic (exact) mass is 245 g/mol. The zero-order valence-corrected chi connectivity index (χ0v) is 11.7. The van der Waals surface area contributed by atoms with Crippen LogP contribution in [0.5, 0.6) is 0 Å². The number of unbranched alkanes of at least 4 members (excludes halogenated alkanes) is 3. The van der Waals surface area contributed by atoms with Crippen LogP contribution in [0, 0.1) is 0 Å². The Morgan fingerprint density at radius 1 is 1.12 bits per heavy atom. The van der Waals surface area contributed by atoms with Gasteiger partial charge in [0.25, 0.3) is 0 Å². The van der Waals surface area contributed by atoms with Gasteiger partial charge in [0, 0.05) is 6.54 Å².